The Kier molecular flexibility index (Phi) is 5.72. The molecule has 4 nitrogen and oxygen atoms in total. The maximum absolute atomic E-state index is 11.6. The number of aliphatic hydroxyl groups excluding tert-OH is 1. The van der Waals surface area contributed by atoms with E-state index in [0.29, 0.717) is 12.3 Å². The third kappa shape index (κ3) is 4.07. The zero-order chi connectivity index (χ0) is 11.3. The van der Waals surface area contributed by atoms with Crippen LogP contribution in [0.1, 0.15) is 27.2 Å². The van der Waals surface area contributed by atoms with Gasteiger partial charge in [0.15, 0.2) is 0 Å². The van der Waals surface area contributed by atoms with Crippen LogP contribution in [0.4, 0.5) is 0 Å². The fourth-order valence-electron chi connectivity index (χ4n) is 0.950. The summed E-state index contributed by atoms with van der Waals surface area (Å²) >= 11 is 0. The van der Waals surface area contributed by atoms with Gasteiger partial charge in [-0.05, 0) is 12.8 Å². The zero-order valence-corrected chi connectivity index (χ0v) is 9.53. The number of carbonyl (C=O) groups excluding carboxylic acids is 1. The quantitative estimate of drug-likeness (QED) is 0.669. The Morgan fingerprint density at radius 2 is 1.93 bits per heavy atom. The van der Waals surface area contributed by atoms with Crippen molar-refractivity contribution in [3.63, 3.8) is 0 Å². The minimum Gasteiger partial charge on any atom is -0.394 e. The number of amides is 1. The first-order valence-electron chi connectivity index (χ1n) is 5.02. The number of hydrogen-bond acceptors (Lipinski definition) is 3. The van der Waals surface area contributed by atoms with Gasteiger partial charge in [0.1, 0.15) is 0 Å². The van der Waals surface area contributed by atoms with E-state index in [2.05, 4.69) is 0 Å². The van der Waals surface area contributed by atoms with Crippen LogP contribution in [0, 0.1) is 5.92 Å². The second-order valence-electron chi connectivity index (χ2n) is 4.15. The number of nitrogens with zero attached hydrogens (tertiary/aromatic N) is 1. The van der Waals surface area contributed by atoms with Gasteiger partial charge in [-0.3, -0.25) is 4.79 Å². The lowest BCUT2D eigenvalue weighted by atomic mass is 10.0. The molecule has 0 aromatic heterocycles. The highest BCUT2D eigenvalue weighted by Crippen LogP contribution is 2.06. The summed E-state index contributed by atoms with van der Waals surface area (Å²) in [5.41, 5.74) is 5.79. The van der Waals surface area contributed by atoms with Crippen LogP contribution in [0.2, 0.25) is 0 Å². The molecular weight excluding hydrogens is 180 g/mol. The molecule has 1 amide bonds. The number of nitrogens with two attached hydrogens (primary N) is 1. The second-order valence-corrected chi connectivity index (χ2v) is 4.15. The van der Waals surface area contributed by atoms with Gasteiger partial charge in [0.05, 0.1) is 12.6 Å². The Labute approximate surface area is 86.1 Å². The van der Waals surface area contributed by atoms with E-state index in [-0.39, 0.29) is 24.6 Å². The molecule has 4 heteroatoms. The zero-order valence-electron chi connectivity index (χ0n) is 9.53. The van der Waals surface area contributed by atoms with Crippen molar-refractivity contribution in [3.05, 3.63) is 0 Å². The average molecular weight is 202 g/mol. The molecule has 0 saturated carbocycles. The van der Waals surface area contributed by atoms with Crippen molar-refractivity contribution >= 4 is 5.91 Å². The van der Waals surface area contributed by atoms with Crippen LogP contribution in [0.15, 0.2) is 0 Å². The molecule has 2 unspecified atom stereocenters. The Balaban J connectivity index is 4.07. The molecule has 0 heterocycles. The molecule has 0 radical (unpaired) electrons. The van der Waals surface area contributed by atoms with Gasteiger partial charge in [-0.15, -0.1) is 0 Å². The van der Waals surface area contributed by atoms with Crippen LogP contribution in [-0.2, 0) is 4.79 Å². The van der Waals surface area contributed by atoms with Crippen molar-refractivity contribution in [2.24, 2.45) is 11.7 Å². The Bertz CT molecular complexity index is 183. The van der Waals surface area contributed by atoms with Crippen LogP contribution in [0.3, 0.4) is 0 Å². The maximum Gasteiger partial charge on any atom is 0.224 e. The van der Waals surface area contributed by atoms with Crippen molar-refractivity contribution in [2.75, 3.05) is 13.7 Å². The Morgan fingerprint density at radius 3 is 2.29 bits per heavy atom. The van der Waals surface area contributed by atoms with Crippen LogP contribution < -0.4 is 5.73 Å². The van der Waals surface area contributed by atoms with E-state index < -0.39 is 0 Å². The smallest absolute Gasteiger partial charge is 0.224 e. The van der Waals surface area contributed by atoms with Crippen LogP contribution in [0.5, 0.6) is 0 Å². The maximum atomic E-state index is 11.6. The topological polar surface area (TPSA) is 66.6 Å². The Morgan fingerprint density at radius 1 is 1.43 bits per heavy atom. The first-order chi connectivity index (χ1) is 6.40. The van der Waals surface area contributed by atoms with Gasteiger partial charge in [0.2, 0.25) is 5.91 Å². The van der Waals surface area contributed by atoms with E-state index in [9.17, 15) is 4.79 Å². The minimum absolute atomic E-state index is 0.00671. The molecule has 84 valence electrons. The van der Waals surface area contributed by atoms with Crippen molar-refractivity contribution in [2.45, 2.75) is 39.3 Å². The van der Waals surface area contributed by atoms with Gasteiger partial charge in [-0.2, -0.15) is 0 Å². The fourth-order valence-corrected chi connectivity index (χ4v) is 0.950. The number of likely N-dealkylation sites (N-methyl/N-ethyl adjacent to an activating group) is 1. The standard InChI is InChI=1S/C10H22N2O2/c1-7(2)9(11)5-10(14)12(4)8(3)6-13/h7-9,13H,5-6,11H2,1-4H3. The number of rotatable bonds is 5. The van der Waals surface area contributed by atoms with E-state index in [1.807, 2.05) is 13.8 Å². The molecule has 0 rings (SSSR count). The number of hydrogen-bond donors (Lipinski definition) is 2. The van der Waals surface area contributed by atoms with Crippen molar-refractivity contribution in [3.8, 4) is 0 Å². The minimum atomic E-state index is -0.137. The fraction of sp³-hybridized carbons (Fsp3) is 0.900. The normalized spacial score (nSPS) is 15.4. The third-order valence-corrected chi connectivity index (χ3v) is 2.59. The van der Waals surface area contributed by atoms with E-state index >= 15 is 0 Å². The van der Waals surface area contributed by atoms with Crippen molar-refractivity contribution in [1.29, 1.82) is 0 Å². The van der Waals surface area contributed by atoms with Gasteiger partial charge >= 0.3 is 0 Å². The highest BCUT2D eigenvalue weighted by Gasteiger charge is 2.19. The van der Waals surface area contributed by atoms with Gasteiger partial charge in [0.25, 0.3) is 0 Å². The number of carbonyl (C=O) groups is 1. The summed E-state index contributed by atoms with van der Waals surface area (Å²) in [7, 11) is 1.69. The first kappa shape index (κ1) is 13.4. The summed E-state index contributed by atoms with van der Waals surface area (Å²) in [6, 6.07) is -0.238. The molecule has 3 N–H and O–H groups in total. The predicted octanol–water partition coefficient (Wildman–Crippen LogP) is 0.199. The average Bonchev–Trinajstić information content (AvgIpc) is 2.14. The molecule has 0 aliphatic rings. The largest absolute Gasteiger partial charge is 0.394 e. The molecule has 0 fully saturated rings. The van der Waals surface area contributed by atoms with Crippen LogP contribution >= 0.6 is 0 Å². The lowest BCUT2D eigenvalue weighted by Crippen LogP contribution is -2.41. The first-order valence-corrected chi connectivity index (χ1v) is 5.02. The molecule has 0 aromatic rings. The summed E-state index contributed by atoms with van der Waals surface area (Å²) in [5, 5.41) is 8.87. The summed E-state index contributed by atoms with van der Waals surface area (Å²) in [4.78, 5) is 13.1. The summed E-state index contributed by atoms with van der Waals surface area (Å²) < 4.78 is 0. The highest BCUT2D eigenvalue weighted by atomic mass is 16.3. The second kappa shape index (κ2) is 5.98. The number of aliphatic hydroxyl groups is 1. The molecule has 2 atom stereocenters. The lowest BCUT2D eigenvalue weighted by molar-refractivity contribution is -0.133. The molecule has 0 bridgehead atoms. The summed E-state index contributed by atoms with van der Waals surface area (Å²) in [6.07, 6.45) is 0.346. The van der Waals surface area contributed by atoms with E-state index in [1.54, 1.807) is 18.9 Å². The Hall–Kier alpha value is -0.610. The van der Waals surface area contributed by atoms with E-state index in [4.69, 9.17) is 10.8 Å². The van der Waals surface area contributed by atoms with Crippen molar-refractivity contribution in [1.82, 2.24) is 4.90 Å². The highest BCUT2D eigenvalue weighted by molar-refractivity contribution is 5.76. The third-order valence-electron chi connectivity index (χ3n) is 2.59. The molecule has 0 spiro atoms. The van der Waals surface area contributed by atoms with Gasteiger partial charge in [0, 0.05) is 19.5 Å². The van der Waals surface area contributed by atoms with Gasteiger partial charge in [-0.1, -0.05) is 13.8 Å². The van der Waals surface area contributed by atoms with Crippen LogP contribution in [-0.4, -0.2) is 41.7 Å². The molecule has 0 aliphatic carbocycles. The predicted molar refractivity (Wildman–Crippen MR) is 56.7 cm³/mol. The summed E-state index contributed by atoms with van der Waals surface area (Å²) in [5.74, 6) is 0.296. The summed E-state index contributed by atoms with van der Waals surface area (Å²) in [6.45, 7) is 5.78. The monoisotopic (exact) mass is 202 g/mol. The molecule has 0 aromatic carbocycles. The van der Waals surface area contributed by atoms with Crippen molar-refractivity contribution < 1.29 is 9.90 Å². The van der Waals surface area contributed by atoms with Crippen LogP contribution in [0.25, 0.3) is 0 Å². The molecule has 0 aliphatic heterocycles. The lowest BCUT2D eigenvalue weighted by Gasteiger charge is -2.25. The van der Waals surface area contributed by atoms with Gasteiger partial charge in [-0.25, -0.2) is 0 Å². The SMILES string of the molecule is CC(C)C(N)CC(=O)N(C)C(C)CO. The van der Waals surface area contributed by atoms with E-state index in [1.165, 1.54) is 0 Å². The van der Waals surface area contributed by atoms with Gasteiger partial charge < -0.3 is 15.7 Å². The molecular formula is C10H22N2O2. The molecule has 0 saturated heterocycles. The molecule has 14 heavy (non-hydrogen) atoms. The van der Waals surface area contributed by atoms with E-state index in [0.717, 1.165) is 0 Å².